The van der Waals surface area contributed by atoms with Crippen LogP contribution in [0.25, 0.3) is 17.0 Å². The predicted molar refractivity (Wildman–Crippen MR) is 104 cm³/mol. The van der Waals surface area contributed by atoms with E-state index in [1.54, 1.807) is 30.3 Å². The van der Waals surface area contributed by atoms with Crippen LogP contribution in [-0.2, 0) is 9.59 Å². The van der Waals surface area contributed by atoms with E-state index in [-0.39, 0.29) is 33.7 Å². The molecule has 2 amide bonds. The maximum atomic E-state index is 12.7. The van der Waals surface area contributed by atoms with Crippen LogP contribution in [0.15, 0.2) is 63.5 Å². The number of hydrogen-bond acceptors (Lipinski definition) is 4. The van der Waals surface area contributed by atoms with E-state index in [2.05, 4.69) is 0 Å². The number of hydrogen-bond donors (Lipinski definition) is 0. The molecular formula is C20H11Cl2NO4. The smallest absolute Gasteiger partial charge is 0.261 e. The second-order valence-corrected chi connectivity index (χ2v) is 6.84. The molecule has 0 radical (unpaired) electrons. The lowest BCUT2D eigenvalue weighted by Crippen LogP contribution is -2.29. The molecule has 0 N–H and O–H groups in total. The summed E-state index contributed by atoms with van der Waals surface area (Å²) in [5, 5.41) is 0.990. The average molecular weight is 400 g/mol. The largest absolute Gasteiger partial charge is 0.463 e. The molecule has 2 heterocycles. The van der Waals surface area contributed by atoms with E-state index in [0.717, 1.165) is 4.90 Å². The van der Waals surface area contributed by atoms with Crippen molar-refractivity contribution in [1.82, 2.24) is 0 Å². The van der Waals surface area contributed by atoms with Gasteiger partial charge < -0.3 is 4.42 Å². The SMILES string of the molecule is O=C1C/C(=C/c2coc3ccccc3c2=O)C(=O)N1c1ccc(Cl)cc1Cl. The number of benzene rings is 2. The van der Waals surface area contributed by atoms with Crippen molar-refractivity contribution in [3.63, 3.8) is 0 Å². The molecule has 5 nitrogen and oxygen atoms in total. The van der Waals surface area contributed by atoms with Crippen LogP contribution in [-0.4, -0.2) is 11.8 Å². The predicted octanol–water partition coefficient (Wildman–Crippen LogP) is 4.45. The molecule has 7 heteroatoms. The van der Waals surface area contributed by atoms with E-state index in [9.17, 15) is 14.4 Å². The Morgan fingerprint density at radius 3 is 2.59 bits per heavy atom. The van der Waals surface area contributed by atoms with Gasteiger partial charge in [0.2, 0.25) is 5.91 Å². The van der Waals surface area contributed by atoms with E-state index in [0.29, 0.717) is 16.0 Å². The van der Waals surface area contributed by atoms with Gasteiger partial charge in [-0.2, -0.15) is 0 Å². The van der Waals surface area contributed by atoms with Gasteiger partial charge in [0.15, 0.2) is 5.43 Å². The van der Waals surface area contributed by atoms with Crippen LogP contribution in [0, 0.1) is 0 Å². The Labute approximate surface area is 163 Å². The van der Waals surface area contributed by atoms with Crippen molar-refractivity contribution < 1.29 is 14.0 Å². The first-order valence-corrected chi connectivity index (χ1v) is 8.75. The summed E-state index contributed by atoms with van der Waals surface area (Å²) in [6.07, 6.45) is 2.54. The average Bonchev–Trinajstić information content (AvgIpc) is 2.92. The van der Waals surface area contributed by atoms with Crippen LogP contribution in [0.4, 0.5) is 5.69 Å². The van der Waals surface area contributed by atoms with Gasteiger partial charge in [-0.3, -0.25) is 14.4 Å². The maximum Gasteiger partial charge on any atom is 0.261 e. The fourth-order valence-corrected chi connectivity index (χ4v) is 3.47. The number of carbonyl (C=O) groups is 2. The first-order chi connectivity index (χ1) is 13.0. The fourth-order valence-electron chi connectivity index (χ4n) is 2.97. The zero-order valence-electron chi connectivity index (χ0n) is 13.7. The number of rotatable bonds is 2. The molecule has 1 saturated heterocycles. The van der Waals surface area contributed by atoms with Crippen LogP contribution in [0.5, 0.6) is 0 Å². The second kappa shape index (κ2) is 6.68. The lowest BCUT2D eigenvalue weighted by atomic mass is 10.1. The van der Waals surface area contributed by atoms with Gasteiger partial charge in [0, 0.05) is 10.6 Å². The normalized spacial score (nSPS) is 15.9. The standard InChI is InChI=1S/C20H11Cl2NO4/c21-13-5-6-16(15(22)9-13)23-18(24)8-11(20(23)26)7-12-10-27-17-4-2-1-3-14(17)19(12)25/h1-7,9-10H,8H2/b11-7-. The van der Waals surface area contributed by atoms with Crippen molar-refractivity contribution in [2.24, 2.45) is 0 Å². The molecule has 1 aliphatic heterocycles. The second-order valence-electron chi connectivity index (χ2n) is 5.99. The van der Waals surface area contributed by atoms with E-state index >= 15 is 0 Å². The highest BCUT2D eigenvalue weighted by molar-refractivity contribution is 6.39. The van der Waals surface area contributed by atoms with Gasteiger partial charge >= 0.3 is 0 Å². The first kappa shape index (κ1) is 17.5. The number of imide groups is 1. The molecule has 0 unspecified atom stereocenters. The zero-order chi connectivity index (χ0) is 19.1. The van der Waals surface area contributed by atoms with Crippen LogP contribution in [0.2, 0.25) is 10.0 Å². The van der Waals surface area contributed by atoms with Crippen molar-refractivity contribution in [2.45, 2.75) is 6.42 Å². The number of amides is 2. The molecule has 0 saturated carbocycles. The highest BCUT2D eigenvalue weighted by Crippen LogP contribution is 2.34. The Balaban J connectivity index is 1.76. The van der Waals surface area contributed by atoms with Crippen LogP contribution in [0.1, 0.15) is 12.0 Å². The topological polar surface area (TPSA) is 67.6 Å². The third kappa shape index (κ3) is 3.05. The Hall–Kier alpha value is -2.89. The minimum absolute atomic E-state index is 0.135. The number of carbonyl (C=O) groups excluding carboxylic acids is 2. The summed E-state index contributed by atoms with van der Waals surface area (Å²) < 4.78 is 5.45. The molecule has 27 heavy (non-hydrogen) atoms. The van der Waals surface area contributed by atoms with Gasteiger partial charge in [-0.1, -0.05) is 35.3 Å². The Kier molecular flexibility index (Phi) is 4.34. The molecule has 0 bridgehead atoms. The molecule has 4 rings (SSSR count). The van der Waals surface area contributed by atoms with E-state index < -0.39 is 11.8 Å². The summed E-state index contributed by atoms with van der Waals surface area (Å²) >= 11 is 12.0. The molecule has 134 valence electrons. The number of anilines is 1. The Bertz CT molecular complexity index is 1200. The van der Waals surface area contributed by atoms with Gasteiger partial charge in [-0.05, 0) is 36.4 Å². The minimum atomic E-state index is -0.531. The molecule has 0 atom stereocenters. The summed E-state index contributed by atoms with van der Waals surface area (Å²) in [5.41, 5.74) is 0.827. The molecule has 1 aromatic heterocycles. The van der Waals surface area contributed by atoms with Crippen molar-refractivity contribution in [1.29, 1.82) is 0 Å². The Morgan fingerprint density at radius 2 is 1.81 bits per heavy atom. The lowest BCUT2D eigenvalue weighted by molar-refractivity contribution is -0.120. The van der Waals surface area contributed by atoms with E-state index in [4.69, 9.17) is 27.6 Å². The summed E-state index contributed by atoms with van der Waals surface area (Å²) in [6, 6.07) is 11.3. The molecule has 3 aromatic rings. The highest BCUT2D eigenvalue weighted by Gasteiger charge is 2.36. The zero-order valence-corrected chi connectivity index (χ0v) is 15.3. The third-order valence-electron chi connectivity index (χ3n) is 4.26. The molecular weight excluding hydrogens is 389 g/mol. The van der Waals surface area contributed by atoms with Crippen molar-refractivity contribution in [2.75, 3.05) is 4.90 Å². The van der Waals surface area contributed by atoms with Gasteiger partial charge in [-0.15, -0.1) is 0 Å². The summed E-state index contributed by atoms with van der Waals surface area (Å²) in [6.45, 7) is 0. The monoisotopic (exact) mass is 399 g/mol. The van der Waals surface area contributed by atoms with Gasteiger partial charge in [0.1, 0.15) is 11.8 Å². The van der Waals surface area contributed by atoms with Crippen molar-refractivity contribution in [3.8, 4) is 0 Å². The summed E-state index contributed by atoms with van der Waals surface area (Å²) in [7, 11) is 0. The van der Waals surface area contributed by atoms with Gasteiger partial charge in [0.05, 0.1) is 28.1 Å². The third-order valence-corrected chi connectivity index (χ3v) is 4.79. The molecule has 2 aromatic carbocycles. The highest BCUT2D eigenvalue weighted by atomic mass is 35.5. The van der Waals surface area contributed by atoms with Crippen LogP contribution < -0.4 is 10.3 Å². The summed E-state index contributed by atoms with van der Waals surface area (Å²) in [4.78, 5) is 38.7. The Morgan fingerprint density at radius 1 is 1.04 bits per heavy atom. The van der Waals surface area contributed by atoms with E-state index in [1.165, 1.54) is 24.5 Å². The van der Waals surface area contributed by atoms with Gasteiger partial charge in [0.25, 0.3) is 5.91 Å². The molecule has 1 fully saturated rings. The van der Waals surface area contributed by atoms with Crippen LogP contribution in [0.3, 0.4) is 0 Å². The van der Waals surface area contributed by atoms with Gasteiger partial charge in [-0.25, -0.2) is 4.90 Å². The minimum Gasteiger partial charge on any atom is -0.463 e. The fraction of sp³-hybridized carbons (Fsp3) is 0.0500. The lowest BCUT2D eigenvalue weighted by Gasteiger charge is -2.15. The van der Waals surface area contributed by atoms with Crippen molar-refractivity contribution >= 4 is 57.7 Å². The number of fused-ring (bicyclic) bond motifs is 1. The molecule has 0 spiro atoms. The van der Waals surface area contributed by atoms with E-state index in [1.807, 2.05) is 0 Å². The van der Waals surface area contributed by atoms with Crippen LogP contribution >= 0.6 is 23.2 Å². The molecule has 1 aliphatic rings. The number of nitrogens with zero attached hydrogens (tertiary/aromatic N) is 1. The van der Waals surface area contributed by atoms with Crippen molar-refractivity contribution in [3.05, 3.63) is 80.1 Å². The number of halogens is 2. The maximum absolute atomic E-state index is 12.7. The summed E-state index contributed by atoms with van der Waals surface area (Å²) in [5.74, 6) is -0.961. The number of para-hydroxylation sites is 1. The molecule has 0 aliphatic carbocycles. The first-order valence-electron chi connectivity index (χ1n) is 7.99. The quantitative estimate of drug-likeness (QED) is 0.471.